The largest absolute Gasteiger partial charge is 0.477 e. The predicted molar refractivity (Wildman–Crippen MR) is 66.3 cm³/mol. The minimum atomic E-state index is -0.836. The molecule has 0 radical (unpaired) electrons. The van der Waals surface area contributed by atoms with Gasteiger partial charge < -0.3 is 15.3 Å². The molecule has 0 aliphatic heterocycles. The number of aryl methyl sites for hydroxylation is 1. The van der Waals surface area contributed by atoms with Gasteiger partial charge in [0, 0.05) is 24.5 Å². The molecule has 0 unspecified atom stereocenters. The highest BCUT2D eigenvalue weighted by atomic mass is 32.1. The van der Waals surface area contributed by atoms with Gasteiger partial charge in [0.25, 0.3) is 0 Å². The van der Waals surface area contributed by atoms with Gasteiger partial charge in [0.1, 0.15) is 4.88 Å². The molecule has 0 atom stereocenters. The maximum absolute atomic E-state index is 10.8. The van der Waals surface area contributed by atoms with Crippen molar-refractivity contribution in [1.82, 2.24) is 10.2 Å². The van der Waals surface area contributed by atoms with E-state index in [1.54, 1.807) is 6.07 Å². The van der Waals surface area contributed by atoms with Gasteiger partial charge in [-0.05, 0) is 32.6 Å². The average Bonchev–Trinajstić information content (AvgIpc) is 2.57. The van der Waals surface area contributed by atoms with Crippen molar-refractivity contribution in [2.45, 2.75) is 13.5 Å². The van der Waals surface area contributed by atoms with Crippen LogP contribution in [0.4, 0.5) is 0 Å². The van der Waals surface area contributed by atoms with Crippen LogP contribution in [-0.2, 0) is 6.54 Å². The lowest BCUT2D eigenvalue weighted by atomic mass is 10.2. The van der Waals surface area contributed by atoms with Gasteiger partial charge in [-0.3, -0.25) is 0 Å². The number of thiophene rings is 1. The number of aromatic carboxylic acids is 1. The first-order chi connectivity index (χ1) is 7.54. The van der Waals surface area contributed by atoms with E-state index in [9.17, 15) is 4.79 Å². The summed E-state index contributed by atoms with van der Waals surface area (Å²) in [7, 11) is 3.96. The Kier molecular flexibility index (Phi) is 4.92. The van der Waals surface area contributed by atoms with Gasteiger partial charge >= 0.3 is 5.97 Å². The Balaban J connectivity index is 2.62. The molecule has 2 N–H and O–H groups in total. The van der Waals surface area contributed by atoms with Crippen LogP contribution < -0.4 is 5.32 Å². The standard InChI is InChI=1S/C11H18N2O2S/c1-8-9(6-10(16-8)11(14)15)7-13(3)5-4-12-2/h6,12H,4-5,7H2,1-3H3,(H,14,15). The van der Waals surface area contributed by atoms with E-state index in [1.165, 1.54) is 11.3 Å². The molecule has 0 aromatic carbocycles. The van der Waals surface area contributed by atoms with E-state index in [2.05, 4.69) is 10.2 Å². The fourth-order valence-corrected chi connectivity index (χ4v) is 2.33. The second kappa shape index (κ2) is 5.98. The molecule has 0 amide bonds. The van der Waals surface area contributed by atoms with Crippen LogP contribution in [0.3, 0.4) is 0 Å². The zero-order valence-corrected chi connectivity index (χ0v) is 10.7. The van der Waals surface area contributed by atoms with Crippen molar-refractivity contribution >= 4 is 17.3 Å². The van der Waals surface area contributed by atoms with Crippen LogP contribution >= 0.6 is 11.3 Å². The summed E-state index contributed by atoms with van der Waals surface area (Å²) in [6.07, 6.45) is 0. The van der Waals surface area contributed by atoms with Crippen molar-refractivity contribution in [3.05, 3.63) is 21.4 Å². The van der Waals surface area contributed by atoms with Crippen LogP contribution in [0.2, 0.25) is 0 Å². The molecular weight excluding hydrogens is 224 g/mol. The summed E-state index contributed by atoms with van der Waals surface area (Å²) in [6.45, 7) is 4.66. The lowest BCUT2D eigenvalue weighted by molar-refractivity contribution is 0.0702. The third-order valence-corrected chi connectivity index (χ3v) is 3.50. The fraction of sp³-hybridized carbons (Fsp3) is 0.545. The van der Waals surface area contributed by atoms with Gasteiger partial charge in [0.15, 0.2) is 0 Å². The number of carboxylic acid groups (broad SMARTS) is 1. The first-order valence-corrected chi connectivity index (χ1v) is 6.02. The highest BCUT2D eigenvalue weighted by Gasteiger charge is 2.12. The number of rotatable bonds is 6. The zero-order chi connectivity index (χ0) is 12.1. The molecule has 0 spiro atoms. The minimum absolute atomic E-state index is 0.425. The molecule has 1 aromatic heterocycles. The van der Waals surface area contributed by atoms with Gasteiger partial charge in [-0.2, -0.15) is 0 Å². The molecule has 0 aliphatic carbocycles. The number of likely N-dealkylation sites (N-methyl/N-ethyl adjacent to an activating group) is 2. The molecule has 4 nitrogen and oxygen atoms in total. The van der Waals surface area contributed by atoms with E-state index in [0.29, 0.717) is 4.88 Å². The van der Waals surface area contributed by atoms with Gasteiger partial charge in [0.2, 0.25) is 0 Å². The summed E-state index contributed by atoms with van der Waals surface area (Å²) in [5.74, 6) is -0.836. The molecule has 1 aromatic rings. The Morgan fingerprint density at radius 3 is 2.81 bits per heavy atom. The Morgan fingerprint density at radius 1 is 1.62 bits per heavy atom. The smallest absolute Gasteiger partial charge is 0.345 e. The average molecular weight is 242 g/mol. The molecule has 5 heteroatoms. The fourth-order valence-electron chi connectivity index (χ4n) is 1.45. The van der Waals surface area contributed by atoms with Gasteiger partial charge in [-0.15, -0.1) is 11.3 Å². The van der Waals surface area contributed by atoms with E-state index in [4.69, 9.17) is 5.11 Å². The van der Waals surface area contributed by atoms with Crippen LogP contribution in [0.15, 0.2) is 6.07 Å². The van der Waals surface area contributed by atoms with Crippen molar-refractivity contribution in [2.24, 2.45) is 0 Å². The van der Waals surface area contributed by atoms with Crippen LogP contribution in [0.5, 0.6) is 0 Å². The number of nitrogens with one attached hydrogen (secondary N) is 1. The number of hydrogen-bond donors (Lipinski definition) is 2. The summed E-state index contributed by atoms with van der Waals surface area (Å²) in [4.78, 5) is 14.5. The van der Waals surface area contributed by atoms with Crippen molar-refractivity contribution in [3.8, 4) is 0 Å². The summed E-state index contributed by atoms with van der Waals surface area (Å²) in [6, 6.07) is 1.78. The maximum Gasteiger partial charge on any atom is 0.345 e. The van der Waals surface area contributed by atoms with Crippen molar-refractivity contribution in [3.63, 3.8) is 0 Å². The zero-order valence-electron chi connectivity index (χ0n) is 9.91. The Morgan fingerprint density at radius 2 is 2.31 bits per heavy atom. The lowest BCUT2D eigenvalue weighted by Crippen LogP contribution is -2.26. The summed E-state index contributed by atoms with van der Waals surface area (Å²) in [5, 5.41) is 12.0. The van der Waals surface area contributed by atoms with Crippen LogP contribution in [-0.4, -0.2) is 43.2 Å². The second-order valence-corrected chi connectivity index (χ2v) is 5.09. The van der Waals surface area contributed by atoms with E-state index >= 15 is 0 Å². The summed E-state index contributed by atoms with van der Waals surface area (Å²) in [5.41, 5.74) is 1.11. The van der Waals surface area contributed by atoms with Gasteiger partial charge in [-0.1, -0.05) is 0 Å². The molecular formula is C11H18N2O2S. The first kappa shape index (κ1) is 13.2. The molecule has 0 fully saturated rings. The lowest BCUT2D eigenvalue weighted by Gasteiger charge is -2.15. The normalized spacial score (nSPS) is 11.0. The van der Waals surface area contributed by atoms with Crippen LogP contribution in [0.1, 0.15) is 20.1 Å². The Bertz CT molecular complexity index is 363. The highest BCUT2D eigenvalue weighted by Crippen LogP contribution is 2.22. The van der Waals surface area contributed by atoms with Crippen molar-refractivity contribution in [2.75, 3.05) is 27.2 Å². The second-order valence-electron chi connectivity index (χ2n) is 3.84. The van der Waals surface area contributed by atoms with E-state index in [-0.39, 0.29) is 0 Å². The Hall–Kier alpha value is -0.910. The highest BCUT2D eigenvalue weighted by molar-refractivity contribution is 7.14. The SMILES string of the molecule is CNCCN(C)Cc1cc(C(=O)O)sc1C. The van der Waals surface area contributed by atoms with E-state index < -0.39 is 5.97 Å². The number of hydrogen-bond acceptors (Lipinski definition) is 4. The molecule has 0 bridgehead atoms. The Labute approximate surface area is 99.9 Å². The molecule has 0 saturated heterocycles. The topological polar surface area (TPSA) is 52.6 Å². The number of nitrogens with zero attached hydrogens (tertiary/aromatic N) is 1. The predicted octanol–water partition coefficient (Wildman–Crippen LogP) is 1.41. The van der Waals surface area contributed by atoms with Gasteiger partial charge in [0.05, 0.1) is 0 Å². The maximum atomic E-state index is 10.8. The molecule has 16 heavy (non-hydrogen) atoms. The van der Waals surface area contributed by atoms with E-state index in [0.717, 1.165) is 30.1 Å². The molecule has 90 valence electrons. The van der Waals surface area contributed by atoms with Crippen LogP contribution in [0.25, 0.3) is 0 Å². The van der Waals surface area contributed by atoms with Crippen LogP contribution in [0, 0.1) is 6.92 Å². The molecule has 0 saturated carbocycles. The molecule has 1 heterocycles. The quantitative estimate of drug-likeness (QED) is 0.792. The monoisotopic (exact) mass is 242 g/mol. The van der Waals surface area contributed by atoms with E-state index in [1.807, 2.05) is 21.0 Å². The third kappa shape index (κ3) is 3.59. The summed E-state index contributed by atoms with van der Waals surface area (Å²) < 4.78 is 0. The number of carboxylic acids is 1. The van der Waals surface area contributed by atoms with Crippen molar-refractivity contribution < 1.29 is 9.90 Å². The van der Waals surface area contributed by atoms with Gasteiger partial charge in [-0.25, -0.2) is 4.79 Å². The van der Waals surface area contributed by atoms with Crippen molar-refractivity contribution in [1.29, 1.82) is 0 Å². The molecule has 0 aliphatic rings. The summed E-state index contributed by atoms with van der Waals surface area (Å²) >= 11 is 1.35. The minimum Gasteiger partial charge on any atom is -0.477 e. The third-order valence-electron chi connectivity index (χ3n) is 2.42. The first-order valence-electron chi connectivity index (χ1n) is 5.20. The molecule has 1 rings (SSSR count). The number of carbonyl (C=O) groups is 1.